The second-order valence-corrected chi connectivity index (χ2v) is 5.89. The lowest BCUT2D eigenvalue weighted by Crippen LogP contribution is -2.48. The quantitative estimate of drug-likeness (QED) is 0.831. The smallest absolute Gasteiger partial charge is 0.292 e. The Morgan fingerprint density at radius 1 is 1.38 bits per heavy atom. The van der Waals surface area contributed by atoms with Crippen molar-refractivity contribution in [2.24, 2.45) is 0 Å². The summed E-state index contributed by atoms with van der Waals surface area (Å²) in [4.78, 5) is 23.2. The molecule has 1 fully saturated rings. The van der Waals surface area contributed by atoms with Gasteiger partial charge in [0.15, 0.2) is 0 Å². The molecule has 3 heterocycles. The van der Waals surface area contributed by atoms with Gasteiger partial charge in [0.25, 0.3) is 5.91 Å². The number of hydrogen-bond acceptors (Lipinski definition) is 6. The molecule has 1 saturated heterocycles. The fraction of sp³-hybridized carbons (Fsp3) is 0.529. The molecule has 3 rings (SSSR count). The van der Waals surface area contributed by atoms with E-state index in [0.29, 0.717) is 25.5 Å². The number of morpholine rings is 1. The minimum absolute atomic E-state index is 0.00262. The first-order chi connectivity index (χ1) is 11.7. The number of amides is 1. The lowest BCUT2D eigenvalue weighted by molar-refractivity contribution is -0.00604. The van der Waals surface area contributed by atoms with Gasteiger partial charge in [-0.05, 0) is 26.2 Å². The molecule has 1 atom stereocenters. The molecule has 2 aromatic heterocycles. The van der Waals surface area contributed by atoms with Gasteiger partial charge >= 0.3 is 0 Å². The predicted molar refractivity (Wildman–Crippen MR) is 86.6 cm³/mol. The fourth-order valence-corrected chi connectivity index (χ4v) is 2.87. The minimum Gasteiger partial charge on any atom is -0.377 e. The molecule has 1 aliphatic heterocycles. The molecule has 0 saturated carbocycles. The lowest BCUT2D eigenvalue weighted by atomic mass is 10.1. The third kappa shape index (κ3) is 3.62. The maximum atomic E-state index is 12.7. The van der Waals surface area contributed by atoms with Crippen molar-refractivity contribution in [3.05, 3.63) is 41.3 Å². The van der Waals surface area contributed by atoms with E-state index < -0.39 is 0 Å². The number of aryl methyl sites for hydroxylation is 3. The van der Waals surface area contributed by atoms with E-state index in [0.717, 1.165) is 36.3 Å². The Kier molecular flexibility index (Phi) is 5.20. The fourth-order valence-electron chi connectivity index (χ4n) is 2.87. The minimum atomic E-state index is -0.119. The van der Waals surface area contributed by atoms with Gasteiger partial charge in [-0.2, -0.15) is 0 Å². The Hall–Kier alpha value is -2.28. The van der Waals surface area contributed by atoms with E-state index in [4.69, 9.17) is 9.26 Å². The van der Waals surface area contributed by atoms with Gasteiger partial charge in [0, 0.05) is 25.0 Å². The van der Waals surface area contributed by atoms with Crippen LogP contribution in [0.4, 0.5) is 0 Å². The summed E-state index contributed by atoms with van der Waals surface area (Å²) in [5, 5.41) is 3.91. The van der Waals surface area contributed by atoms with E-state index in [-0.39, 0.29) is 11.9 Å². The molecule has 128 valence electrons. The number of nitrogens with zero attached hydrogens (tertiary/aromatic N) is 4. The molecule has 0 bridgehead atoms. The van der Waals surface area contributed by atoms with E-state index in [1.54, 1.807) is 18.5 Å². The van der Waals surface area contributed by atoms with Gasteiger partial charge in [0.2, 0.25) is 5.76 Å². The highest BCUT2D eigenvalue weighted by Gasteiger charge is 2.30. The predicted octanol–water partition coefficient (Wildman–Crippen LogP) is 1.81. The molecule has 0 spiro atoms. The first kappa shape index (κ1) is 16.6. The number of hydrogen-bond donors (Lipinski definition) is 0. The summed E-state index contributed by atoms with van der Waals surface area (Å²) < 4.78 is 10.8. The van der Waals surface area contributed by atoms with Crippen LogP contribution in [-0.4, -0.2) is 51.7 Å². The van der Waals surface area contributed by atoms with Crippen LogP contribution in [0.2, 0.25) is 0 Å². The summed E-state index contributed by atoms with van der Waals surface area (Å²) in [7, 11) is 0. The van der Waals surface area contributed by atoms with E-state index in [9.17, 15) is 4.79 Å². The normalized spacial score (nSPS) is 17.9. The zero-order chi connectivity index (χ0) is 16.9. The zero-order valence-electron chi connectivity index (χ0n) is 14.1. The molecular weight excluding hydrogens is 308 g/mol. The molecule has 7 nitrogen and oxygen atoms in total. The van der Waals surface area contributed by atoms with Crippen molar-refractivity contribution in [2.75, 3.05) is 19.8 Å². The Labute approximate surface area is 141 Å². The van der Waals surface area contributed by atoms with Crippen LogP contribution in [0.5, 0.6) is 0 Å². The number of rotatable bonds is 5. The largest absolute Gasteiger partial charge is 0.377 e. The lowest BCUT2D eigenvalue weighted by Gasteiger charge is -2.35. The third-order valence-electron chi connectivity index (χ3n) is 4.32. The summed E-state index contributed by atoms with van der Waals surface area (Å²) in [6.07, 6.45) is 5.67. The summed E-state index contributed by atoms with van der Waals surface area (Å²) in [6.45, 7) is 5.56. The molecule has 2 aromatic rings. The van der Waals surface area contributed by atoms with Crippen LogP contribution < -0.4 is 0 Å². The molecule has 1 unspecified atom stereocenters. The van der Waals surface area contributed by atoms with Gasteiger partial charge in [-0.25, -0.2) is 0 Å². The van der Waals surface area contributed by atoms with Crippen molar-refractivity contribution in [1.82, 2.24) is 20.0 Å². The zero-order valence-corrected chi connectivity index (χ0v) is 14.1. The van der Waals surface area contributed by atoms with Gasteiger partial charge in [-0.1, -0.05) is 12.1 Å². The highest BCUT2D eigenvalue weighted by molar-refractivity contribution is 5.91. The second kappa shape index (κ2) is 7.53. The number of carbonyl (C=O) groups is 1. The van der Waals surface area contributed by atoms with Crippen LogP contribution >= 0.6 is 0 Å². The average Bonchev–Trinajstić information content (AvgIpc) is 3.10. The first-order valence-electron chi connectivity index (χ1n) is 8.29. The topological polar surface area (TPSA) is 81.4 Å². The van der Waals surface area contributed by atoms with Crippen molar-refractivity contribution in [2.45, 2.75) is 39.2 Å². The van der Waals surface area contributed by atoms with Gasteiger partial charge in [-0.3, -0.25) is 14.8 Å². The van der Waals surface area contributed by atoms with Crippen LogP contribution in [0.15, 0.2) is 23.0 Å². The van der Waals surface area contributed by atoms with Crippen molar-refractivity contribution >= 4 is 5.91 Å². The van der Waals surface area contributed by atoms with Crippen molar-refractivity contribution in [3.8, 4) is 0 Å². The Morgan fingerprint density at radius 3 is 2.96 bits per heavy atom. The molecule has 0 radical (unpaired) electrons. The second-order valence-electron chi connectivity index (χ2n) is 5.89. The van der Waals surface area contributed by atoms with Gasteiger partial charge in [0.1, 0.15) is 0 Å². The van der Waals surface area contributed by atoms with Gasteiger partial charge in [0.05, 0.1) is 36.3 Å². The summed E-state index contributed by atoms with van der Waals surface area (Å²) in [5.41, 5.74) is 2.68. The van der Waals surface area contributed by atoms with Gasteiger partial charge in [-0.15, -0.1) is 0 Å². The van der Waals surface area contributed by atoms with Crippen molar-refractivity contribution in [1.29, 1.82) is 0 Å². The Morgan fingerprint density at radius 2 is 2.21 bits per heavy atom. The van der Waals surface area contributed by atoms with E-state index >= 15 is 0 Å². The number of ether oxygens (including phenoxy) is 1. The molecule has 0 N–H and O–H groups in total. The summed E-state index contributed by atoms with van der Waals surface area (Å²) in [6, 6.07) is 1.73. The Bertz CT molecular complexity index is 701. The van der Waals surface area contributed by atoms with E-state index in [1.165, 1.54) is 0 Å². The van der Waals surface area contributed by atoms with Crippen LogP contribution in [0.25, 0.3) is 0 Å². The average molecular weight is 330 g/mol. The third-order valence-corrected chi connectivity index (χ3v) is 4.32. The maximum Gasteiger partial charge on any atom is 0.292 e. The maximum absolute atomic E-state index is 12.7. The molecule has 0 aromatic carbocycles. The van der Waals surface area contributed by atoms with Crippen LogP contribution in [0.1, 0.15) is 41.0 Å². The number of carbonyl (C=O) groups excluding carboxylic acids is 1. The molecule has 24 heavy (non-hydrogen) atoms. The van der Waals surface area contributed by atoms with E-state index in [2.05, 4.69) is 15.1 Å². The van der Waals surface area contributed by atoms with Crippen LogP contribution in [0, 0.1) is 6.92 Å². The van der Waals surface area contributed by atoms with Crippen LogP contribution in [0.3, 0.4) is 0 Å². The molecule has 0 aliphatic carbocycles. The summed E-state index contributed by atoms with van der Waals surface area (Å²) in [5.74, 6) is 0.181. The molecule has 1 aliphatic rings. The standard InChI is InChI=1S/C17H22N4O3/c1-3-13-10-16(24-20-13)17(22)21-8-9-23-11-14(21)4-5-15-12(2)18-6-7-19-15/h6-7,10,14H,3-5,8-9,11H2,1-2H3. The number of aromatic nitrogens is 3. The van der Waals surface area contributed by atoms with E-state index in [1.807, 2.05) is 18.7 Å². The highest BCUT2D eigenvalue weighted by Crippen LogP contribution is 2.18. The van der Waals surface area contributed by atoms with Crippen molar-refractivity contribution in [3.63, 3.8) is 0 Å². The highest BCUT2D eigenvalue weighted by atomic mass is 16.5. The first-order valence-corrected chi connectivity index (χ1v) is 8.29. The molecular formula is C17H22N4O3. The molecule has 1 amide bonds. The molecule has 7 heteroatoms. The monoisotopic (exact) mass is 330 g/mol. The summed E-state index contributed by atoms with van der Waals surface area (Å²) >= 11 is 0. The van der Waals surface area contributed by atoms with Gasteiger partial charge < -0.3 is 14.2 Å². The van der Waals surface area contributed by atoms with Crippen LogP contribution in [-0.2, 0) is 17.6 Å². The van der Waals surface area contributed by atoms with Crippen molar-refractivity contribution < 1.29 is 14.1 Å². The SMILES string of the molecule is CCc1cc(C(=O)N2CCOCC2CCc2nccnc2C)on1. The Balaban J connectivity index is 1.69.